The normalized spacial score (nSPS) is 16.9. The summed E-state index contributed by atoms with van der Waals surface area (Å²) in [6, 6.07) is 14.0. The first kappa shape index (κ1) is 19.2. The van der Waals surface area contributed by atoms with Crippen molar-refractivity contribution in [1.29, 1.82) is 0 Å². The molecule has 2 heterocycles. The van der Waals surface area contributed by atoms with Crippen LogP contribution < -0.4 is 14.8 Å². The van der Waals surface area contributed by atoms with E-state index >= 15 is 0 Å². The SMILES string of the molecule is CSc1ccccc1CN1CCC(CNC(=O)c2ccc3c(c2)OCO3)CC1. The number of likely N-dealkylation sites (tertiary alicyclic amines) is 1. The van der Waals surface area contributed by atoms with Crippen molar-refractivity contribution in [3.8, 4) is 11.5 Å². The van der Waals surface area contributed by atoms with Crippen LogP contribution in [0.3, 0.4) is 0 Å². The Morgan fingerprint density at radius 3 is 2.75 bits per heavy atom. The average molecular weight is 399 g/mol. The number of carbonyl (C=O) groups excluding carboxylic acids is 1. The second kappa shape index (κ2) is 8.88. The zero-order chi connectivity index (χ0) is 19.3. The lowest BCUT2D eigenvalue weighted by atomic mass is 9.96. The van der Waals surface area contributed by atoms with Crippen LogP contribution in [0.25, 0.3) is 0 Å². The monoisotopic (exact) mass is 398 g/mol. The van der Waals surface area contributed by atoms with Gasteiger partial charge >= 0.3 is 0 Å². The highest BCUT2D eigenvalue weighted by molar-refractivity contribution is 7.98. The minimum Gasteiger partial charge on any atom is -0.454 e. The molecule has 0 aromatic heterocycles. The van der Waals surface area contributed by atoms with Gasteiger partial charge in [-0.15, -0.1) is 11.8 Å². The molecule has 0 radical (unpaired) electrons. The predicted octanol–water partition coefficient (Wildman–Crippen LogP) is 3.78. The first-order valence-electron chi connectivity index (χ1n) is 9.75. The summed E-state index contributed by atoms with van der Waals surface area (Å²) in [5, 5.41) is 3.09. The zero-order valence-corrected chi connectivity index (χ0v) is 17.0. The van der Waals surface area contributed by atoms with Crippen LogP contribution in [0.1, 0.15) is 28.8 Å². The van der Waals surface area contributed by atoms with Crippen LogP contribution >= 0.6 is 11.8 Å². The Kier molecular flexibility index (Phi) is 6.07. The number of hydrogen-bond acceptors (Lipinski definition) is 5. The summed E-state index contributed by atoms with van der Waals surface area (Å²) < 4.78 is 10.6. The lowest BCUT2D eigenvalue weighted by molar-refractivity contribution is 0.0934. The van der Waals surface area contributed by atoms with Gasteiger partial charge in [-0.3, -0.25) is 9.69 Å². The minimum absolute atomic E-state index is 0.0466. The highest BCUT2D eigenvalue weighted by atomic mass is 32.2. The number of amides is 1. The van der Waals surface area contributed by atoms with Gasteiger partial charge in [0.15, 0.2) is 11.5 Å². The van der Waals surface area contributed by atoms with Crippen molar-refractivity contribution in [2.24, 2.45) is 5.92 Å². The van der Waals surface area contributed by atoms with Crippen molar-refractivity contribution in [2.45, 2.75) is 24.3 Å². The number of benzene rings is 2. The molecule has 0 unspecified atom stereocenters. The van der Waals surface area contributed by atoms with Gasteiger partial charge < -0.3 is 14.8 Å². The fourth-order valence-electron chi connectivity index (χ4n) is 3.80. The van der Waals surface area contributed by atoms with E-state index < -0.39 is 0 Å². The van der Waals surface area contributed by atoms with Crippen molar-refractivity contribution in [3.63, 3.8) is 0 Å². The van der Waals surface area contributed by atoms with Gasteiger partial charge in [-0.2, -0.15) is 0 Å². The van der Waals surface area contributed by atoms with Gasteiger partial charge in [0.25, 0.3) is 5.91 Å². The maximum Gasteiger partial charge on any atom is 0.251 e. The molecule has 1 fully saturated rings. The summed E-state index contributed by atoms with van der Waals surface area (Å²) in [5.41, 5.74) is 2.03. The molecular formula is C22H26N2O3S. The van der Waals surface area contributed by atoms with Gasteiger partial charge in [-0.05, 0) is 67.9 Å². The molecule has 28 heavy (non-hydrogen) atoms. The minimum atomic E-state index is -0.0466. The van der Waals surface area contributed by atoms with Crippen LogP contribution in [0.2, 0.25) is 0 Å². The smallest absolute Gasteiger partial charge is 0.251 e. The number of thioether (sulfide) groups is 1. The number of nitrogens with zero attached hydrogens (tertiary/aromatic N) is 1. The largest absolute Gasteiger partial charge is 0.454 e. The Bertz CT molecular complexity index is 834. The summed E-state index contributed by atoms with van der Waals surface area (Å²) in [4.78, 5) is 16.3. The molecule has 2 aliphatic heterocycles. The Balaban J connectivity index is 1.24. The number of carbonyl (C=O) groups is 1. The quantitative estimate of drug-likeness (QED) is 0.751. The summed E-state index contributed by atoms with van der Waals surface area (Å²) >= 11 is 1.81. The fourth-order valence-corrected chi connectivity index (χ4v) is 4.41. The van der Waals surface area contributed by atoms with Crippen molar-refractivity contribution < 1.29 is 14.3 Å². The molecule has 0 spiro atoms. The molecule has 4 rings (SSSR count). The van der Waals surface area contributed by atoms with Crippen LogP contribution in [0.5, 0.6) is 11.5 Å². The lowest BCUT2D eigenvalue weighted by Gasteiger charge is -2.32. The number of nitrogens with one attached hydrogen (secondary N) is 1. The molecule has 6 heteroatoms. The van der Waals surface area contributed by atoms with Crippen molar-refractivity contribution in [1.82, 2.24) is 10.2 Å². The first-order valence-corrected chi connectivity index (χ1v) is 11.0. The van der Waals surface area contributed by atoms with Gasteiger partial charge in [0.2, 0.25) is 6.79 Å². The number of ether oxygens (including phenoxy) is 2. The Morgan fingerprint density at radius 1 is 1.14 bits per heavy atom. The summed E-state index contributed by atoms with van der Waals surface area (Å²) in [6.07, 6.45) is 4.36. The Labute approximate surface area is 170 Å². The molecule has 0 saturated carbocycles. The maximum atomic E-state index is 12.4. The molecule has 0 atom stereocenters. The average Bonchev–Trinajstić information content (AvgIpc) is 3.21. The molecule has 0 aliphatic carbocycles. The molecule has 2 aromatic carbocycles. The standard InChI is InChI=1S/C22H26N2O3S/c1-28-21-5-3-2-4-18(21)14-24-10-8-16(9-11-24)13-23-22(25)17-6-7-19-20(12-17)27-15-26-19/h2-7,12,16H,8-11,13-15H2,1H3,(H,23,25). The van der Waals surface area contributed by atoms with E-state index in [0.717, 1.165) is 39.0 Å². The summed E-state index contributed by atoms with van der Waals surface area (Å²) in [7, 11) is 0. The van der Waals surface area contributed by atoms with Crippen molar-refractivity contribution in [2.75, 3.05) is 32.7 Å². The number of piperidine rings is 1. The topological polar surface area (TPSA) is 50.8 Å². The predicted molar refractivity (Wildman–Crippen MR) is 111 cm³/mol. The Morgan fingerprint density at radius 2 is 1.93 bits per heavy atom. The van der Waals surface area contributed by atoms with E-state index in [-0.39, 0.29) is 12.7 Å². The molecule has 0 bridgehead atoms. The Hall–Kier alpha value is -2.18. The van der Waals surface area contributed by atoms with E-state index in [1.807, 2.05) is 11.8 Å². The van der Waals surface area contributed by atoms with Crippen molar-refractivity contribution in [3.05, 3.63) is 53.6 Å². The van der Waals surface area contributed by atoms with Gasteiger partial charge in [-0.25, -0.2) is 0 Å². The molecule has 148 valence electrons. The summed E-state index contributed by atoms with van der Waals surface area (Å²) in [5.74, 6) is 1.83. The second-order valence-electron chi connectivity index (χ2n) is 7.31. The van der Waals surface area contributed by atoms with E-state index in [0.29, 0.717) is 23.0 Å². The third-order valence-corrected chi connectivity index (χ3v) is 6.32. The zero-order valence-electron chi connectivity index (χ0n) is 16.1. The van der Waals surface area contributed by atoms with E-state index in [1.165, 1.54) is 10.5 Å². The number of fused-ring (bicyclic) bond motifs is 1. The highest BCUT2D eigenvalue weighted by Gasteiger charge is 2.21. The number of rotatable bonds is 6. The highest BCUT2D eigenvalue weighted by Crippen LogP contribution is 2.32. The van der Waals surface area contributed by atoms with E-state index in [1.54, 1.807) is 18.2 Å². The molecule has 2 aromatic rings. The van der Waals surface area contributed by atoms with E-state index in [2.05, 4.69) is 40.7 Å². The van der Waals surface area contributed by atoms with Crippen LogP contribution in [0.15, 0.2) is 47.4 Å². The fraction of sp³-hybridized carbons (Fsp3) is 0.409. The molecule has 1 amide bonds. The van der Waals surface area contributed by atoms with Gasteiger partial charge in [-0.1, -0.05) is 18.2 Å². The molecule has 1 saturated heterocycles. The first-order chi connectivity index (χ1) is 13.7. The van der Waals surface area contributed by atoms with Crippen LogP contribution in [-0.2, 0) is 6.54 Å². The third-order valence-electron chi connectivity index (χ3n) is 5.48. The van der Waals surface area contributed by atoms with Crippen LogP contribution in [0.4, 0.5) is 0 Å². The summed E-state index contributed by atoms with van der Waals surface area (Å²) in [6.45, 7) is 4.11. The van der Waals surface area contributed by atoms with Crippen LogP contribution in [-0.4, -0.2) is 43.5 Å². The van der Waals surface area contributed by atoms with E-state index in [9.17, 15) is 4.79 Å². The second-order valence-corrected chi connectivity index (χ2v) is 8.16. The molecule has 2 aliphatic rings. The molecule has 1 N–H and O–H groups in total. The van der Waals surface area contributed by atoms with E-state index in [4.69, 9.17) is 9.47 Å². The van der Waals surface area contributed by atoms with Gasteiger partial charge in [0.1, 0.15) is 0 Å². The van der Waals surface area contributed by atoms with Crippen LogP contribution in [0, 0.1) is 5.92 Å². The third kappa shape index (κ3) is 4.45. The van der Waals surface area contributed by atoms with Gasteiger partial charge in [0, 0.05) is 23.5 Å². The van der Waals surface area contributed by atoms with Gasteiger partial charge in [0.05, 0.1) is 0 Å². The molecular weight excluding hydrogens is 372 g/mol. The maximum absolute atomic E-state index is 12.4. The molecule has 5 nitrogen and oxygen atoms in total. The van der Waals surface area contributed by atoms with Crippen molar-refractivity contribution >= 4 is 17.7 Å². The lowest BCUT2D eigenvalue weighted by Crippen LogP contribution is -2.38. The number of hydrogen-bond donors (Lipinski definition) is 1.